The molecular formula is C28H33F3N6O2. The van der Waals surface area contributed by atoms with Gasteiger partial charge in [-0.15, -0.1) is 0 Å². The summed E-state index contributed by atoms with van der Waals surface area (Å²) in [4.78, 5) is 21.5. The first kappa shape index (κ1) is 27.0. The number of aromatic nitrogens is 3. The molecule has 39 heavy (non-hydrogen) atoms. The van der Waals surface area contributed by atoms with E-state index in [1.54, 1.807) is 0 Å². The van der Waals surface area contributed by atoms with E-state index in [0.29, 0.717) is 31.9 Å². The van der Waals surface area contributed by atoms with E-state index in [9.17, 15) is 18.0 Å². The number of likely N-dealkylation sites (tertiary alicyclic amines) is 1. The Labute approximate surface area is 225 Å². The molecule has 2 aromatic heterocycles. The molecule has 0 radical (unpaired) electrons. The highest BCUT2D eigenvalue weighted by Gasteiger charge is 2.36. The van der Waals surface area contributed by atoms with E-state index in [4.69, 9.17) is 9.72 Å². The van der Waals surface area contributed by atoms with Gasteiger partial charge < -0.3 is 19.9 Å². The van der Waals surface area contributed by atoms with Gasteiger partial charge in [-0.3, -0.25) is 4.68 Å². The third-order valence-electron chi connectivity index (χ3n) is 7.55. The Bertz CT molecular complexity index is 1350. The van der Waals surface area contributed by atoms with Gasteiger partial charge in [0, 0.05) is 56.6 Å². The van der Waals surface area contributed by atoms with Crippen molar-refractivity contribution in [2.24, 2.45) is 13.0 Å². The number of nitrogens with zero attached hydrogens (tertiary/aromatic N) is 5. The summed E-state index contributed by atoms with van der Waals surface area (Å²) in [6.07, 6.45) is -2.92. The summed E-state index contributed by atoms with van der Waals surface area (Å²) in [5.41, 5.74) is 6.24. The number of alkyl halides is 3. The first-order valence-corrected chi connectivity index (χ1v) is 13.1. The number of benzene rings is 1. The van der Waals surface area contributed by atoms with Crippen LogP contribution in [0.4, 0.5) is 29.5 Å². The largest absolute Gasteiger partial charge is 0.389 e. The Kier molecular flexibility index (Phi) is 7.53. The third-order valence-corrected chi connectivity index (χ3v) is 7.55. The molecule has 5 rings (SSSR count). The van der Waals surface area contributed by atoms with E-state index in [1.165, 1.54) is 4.90 Å². The monoisotopic (exact) mass is 542 g/mol. The number of aryl methyl sites for hydroxylation is 2. The number of morpholine rings is 1. The average Bonchev–Trinajstić information content (AvgIpc) is 3.50. The second-order valence-electron chi connectivity index (χ2n) is 10.3. The first-order valence-electron chi connectivity index (χ1n) is 13.1. The minimum Gasteiger partial charge on any atom is -0.378 e. The predicted molar refractivity (Wildman–Crippen MR) is 144 cm³/mol. The van der Waals surface area contributed by atoms with Crippen LogP contribution in [0.25, 0.3) is 22.4 Å². The molecule has 2 fully saturated rings. The Morgan fingerprint density at radius 2 is 1.87 bits per heavy atom. The second kappa shape index (κ2) is 10.9. The van der Waals surface area contributed by atoms with Crippen molar-refractivity contribution in [1.29, 1.82) is 0 Å². The molecule has 2 saturated heterocycles. The molecule has 0 spiro atoms. The Hall–Kier alpha value is -3.60. The fraction of sp³-hybridized carbons (Fsp3) is 0.464. The smallest absolute Gasteiger partial charge is 0.378 e. The third kappa shape index (κ3) is 6.19. The lowest BCUT2D eigenvalue weighted by Gasteiger charge is -2.28. The zero-order valence-corrected chi connectivity index (χ0v) is 22.4. The summed E-state index contributed by atoms with van der Waals surface area (Å²) in [7, 11) is 1.90. The number of amides is 2. The molecule has 2 aliphatic heterocycles. The van der Waals surface area contributed by atoms with E-state index in [0.717, 1.165) is 52.5 Å². The number of nitrogens with one attached hydrogen (secondary N) is 1. The minimum absolute atomic E-state index is 0.102. The van der Waals surface area contributed by atoms with Gasteiger partial charge in [-0.2, -0.15) is 18.3 Å². The molecule has 3 aromatic rings. The Morgan fingerprint density at radius 1 is 1.10 bits per heavy atom. The van der Waals surface area contributed by atoms with Crippen LogP contribution in [-0.2, 0) is 11.8 Å². The molecule has 0 saturated carbocycles. The summed E-state index contributed by atoms with van der Waals surface area (Å²) in [5.74, 6) is 0.282. The molecule has 1 atom stereocenters. The predicted octanol–water partition coefficient (Wildman–Crippen LogP) is 5.41. The molecule has 11 heteroatoms. The Morgan fingerprint density at radius 3 is 2.56 bits per heavy atom. The zero-order valence-electron chi connectivity index (χ0n) is 22.4. The zero-order chi connectivity index (χ0) is 27.7. The minimum atomic E-state index is -4.22. The number of carbonyl (C=O) groups excluding carboxylic acids is 1. The van der Waals surface area contributed by atoms with Crippen LogP contribution >= 0.6 is 0 Å². The molecule has 1 N–H and O–H groups in total. The van der Waals surface area contributed by atoms with Crippen molar-refractivity contribution in [2.45, 2.75) is 32.9 Å². The fourth-order valence-corrected chi connectivity index (χ4v) is 5.24. The van der Waals surface area contributed by atoms with Gasteiger partial charge in [0.15, 0.2) is 0 Å². The van der Waals surface area contributed by atoms with Crippen molar-refractivity contribution in [1.82, 2.24) is 19.7 Å². The van der Waals surface area contributed by atoms with Crippen LogP contribution in [0.5, 0.6) is 0 Å². The molecule has 1 aromatic carbocycles. The number of hydrogen-bond acceptors (Lipinski definition) is 5. The highest BCUT2D eigenvalue weighted by Crippen LogP contribution is 2.34. The maximum atomic E-state index is 12.9. The van der Waals surface area contributed by atoms with Crippen LogP contribution in [-0.4, -0.2) is 71.3 Å². The van der Waals surface area contributed by atoms with Gasteiger partial charge in [-0.1, -0.05) is 6.07 Å². The molecule has 2 amide bonds. The van der Waals surface area contributed by atoms with Gasteiger partial charge in [0.05, 0.1) is 25.1 Å². The number of anilines is 2. The molecule has 4 heterocycles. The molecular weight excluding hydrogens is 509 g/mol. The lowest BCUT2D eigenvalue weighted by Crippen LogP contribution is -2.36. The fourth-order valence-electron chi connectivity index (χ4n) is 5.24. The summed E-state index contributed by atoms with van der Waals surface area (Å²) in [6.45, 7) is 7.17. The van der Waals surface area contributed by atoms with Crippen molar-refractivity contribution in [2.75, 3.05) is 49.6 Å². The molecule has 2 aliphatic rings. The van der Waals surface area contributed by atoms with Crippen LogP contribution in [0.2, 0.25) is 0 Å². The summed E-state index contributed by atoms with van der Waals surface area (Å²) >= 11 is 0. The maximum absolute atomic E-state index is 12.9. The van der Waals surface area contributed by atoms with Gasteiger partial charge in [-0.05, 0) is 67.1 Å². The SMILES string of the molecule is Cc1ccc(NC(=O)N2CCC(CC(F)(F)F)C2)cc1-c1cc(-c2cnn(C)c2C)nc(N2CCOCC2)c1. The number of pyridine rings is 1. The summed E-state index contributed by atoms with van der Waals surface area (Å²) in [5, 5.41) is 7.28. The van der Waals surface area contributed by atoms with Gasteiger partial charge in [0.1, 0.15) is 5.82 Å². The highest BCUT2D eigenvalue weighted by atomic mass is 19.4. The quantitative estimate of drug-likeness (QED) is 0.467. The van der Waals surface area contributed by atoms with E-state index < -0.39 is 18.5 Å². The van der Waals surface area contributed by atoms with Crippen molar-refractivity contribution >= 4 is 17.5 Å². The number of rotatable bonds is 5. The molecule has 0 aliphatic carbocycles. The van der Waals surface area contributed by atoms with Gasteiger partial charge in [0.2, 0.25) is 0 Å². The standard InChI is InChI=1S/C28H33F3N6O2/c1-18-4-5-22(33-27(38)37-7-6-20(17-37)15-28(29,30)31)14-23(18)21-12-25(24-16-32-35(3)19(24)2)34-26(13-21)36-8-10-39-11-9-36/h4-5,12-14,16,20H,6-11,15,17H2,1-3H3,(H,33,38). The topological polar surface area (TPSA) is 75.5 Å². The van der Waals surface area contributed by atoms with E-state index in [1.807, 2.05) is 56.0 Å². The molecule has 8 nitrogen and oxygen atoms in total. The van der Waals surface area contributed by atoms with Crippen LogP contribution < -0.4 is 10.2 Å². The van der Waals surface area contributed by atoms with Gasteiger partial charge in [-0.25, -0.2) is 9.78 Å². The number of halogens is 3. The average molecular weight is 543 g/mol. The summed E-state index contributed by atoms with van der Waals surface area (Å²) < 4.78 is 45.7. The van der Waals surface area contributed by atoms with Crippen LogP contribution in [0.15, 0.2) is 36.5 Å². The molecule has 0 bridgehead atoms. The maximum Gasteiger partial charge on any atom is 0.389 e. The normalized spacial score (nSPS) is 18.1. The number of carbonyl (C=O) groups is 1. The van der Waals surface area contributed by atoms with Crippen molar-refractivity contribution in [3.05, 3.63) is 47.8 Å². The van der Waals surface area contributed by atoms with E-state index >= 15 is 0 Å². The second-order valence-corrected chi connectivity index (χ2v) is 10.3. The van der Waals surface area contributed by atoms with Crippen molar-refractivity contribution < 1.29 is 22.7 Å². The van der Waals surface area contributed by atoms with Crippen molar-refractivity contribution in [3.63, 3.8) is 0 Å². The molecule has 1 unspecified atom stereocenters. The van der Waals surface area contributed by atoms with Crippen LogP contribution in [0, 0.1) is 19.8 Å². The summed E-state index contributed by atoms with van der Waals surface area (Å²) in [6, 6.07) is 9.36. The van der Waals surface area contributed by atoms with Gasteiger partial charge >= 0.3 is 12.2 Å². The first-order chi connectivity index (χ1) is 18.6. The van der Waals surface area contributed by atoms with Crippen molar-refractivity contribution in [3.8, 4) is 22.4 Å². The Balaban J connectivity index is 1.43. The molecule has 208 valence electrons. The van der Waals surface area contributed by atoms with Gasteiger partial charge in [0.25, 0.3) is 0 Å². The number of hydrogen-bond donors (Lipinski definition) is 1. The lowest BCUT2D eigenvalue weighted by atomic mass is 9.98. The number of ether oxygens (including phenoxy) is 1. The van der Waals surface area contributed by atoms with Crippen LogP contribution in [0.3, 0.4) is 0 Å². The number of urea groups is 1. The lowest BCUT2D eigenvalue weighted by molar-refractivity contribution is -0.143. The van der Waals surface area contributed by atoms with E-state index in [-0.39, 0.29) is 12.6 Å². The van der Waals surface area contributed by atoms with Crippen LogP contribution in [0.1, 0.15) is 24.1 Å². The highest BCUT2D eigenvalue weighted by molar-refractivity contribution is 5.91. The van der Waals surface area contributed by atoms with E-state index in [2.05, 4.69) is 21.4 Å².